The van der Waals surface area contributed by atoms with E-state index < -0.39 is 0 Å². The quantitative estimate of drug-likeness (QED) is 0.854. The molecule has 3 nitrogen and oxygen atoms in total. The van der Waals surface area contributed by atoms with Gasteiger partial charge < -0.3 is 10.6 Å². The Morgan fingerprint density at radius 3 is 2.53 bits per heavy atom. The molecule has 0 saturated heterocycles. The Morgan fingerprint density at radius 2 is 1.84 bits per heavy atom. The third-order valence-corrected chi connectivity index (χ3v) is 3.77. The molecule has 2 rings (SSSR count). The lowest BCUT2D eigenvalue weighted by Crippen LogP contribution is -2.39. The van der Waals surface area contributed by atoms with E-state index in [1.54, 1.807) is 0 Å². The minimum atomic E-state index is 0.0890. The van der Waals surface area contributed by atoms with Crippen molar-refractivity contribution in [1.82, 2.24) is 10.6 Å². The van der Waals surface area contributed by atoms with Crippen LogP contribution in [0, 0.1) is 6.92 Å². The van der Waals surface area contributed by atoms with Crippen LogP contribution in [0.4, 0.5) is 0 Å². The summed E-state index contributed by atoms with van der Waals surface area (Å²) in [6.07, 6.45) is 6.36. The number of nitrogens with one attached hydrogen (secondary N) is 2. The van der Waals surface area contributed by atoms with Gasteiger partial charge in [-0.05, 0) is 25.3 Å². The maximum absolute atomic E-state index is 11.8. The summed E-state index contributed by atoms with van der Waals surface area (Å²) < 4.78 is 0. The van der Waals surface area contributed by atoms with Gasteiger partial charge >= 0.3 is 0 Å². The highest BCUT2D eigenvalue weighted by molar-refractivity contribution is 5.78. The zero-order valence-electron chi connectivity index (χ0n) is 11.7. The van der Waals surface area contributed by atoms with Crippen LogP contribution < -0.4 is 10.6 Å². The van der Waals surface area contributed by atoms with Gasteiger partial charge in [0, 0.05) is 12.6 Å². The molecule has 3 heteroatoms. The van der Waals surface area contributed by atoms with Crippen LogP contribution in [0.2, 0.25) is 0 Å². The van der Waals surface area contributed by atoms with E-state index >= 15 is 0 Å². The van der Waals surface area contributed by atoms with E-state index in [4.69, 9.17) is 0 Å². The predicted octanol–water partition coefficient (Wildman–Crippen LogP) is 2.53. The van der Waals surface area contributed by atoms with E-state index in [1.807, 2.05) is 0 Å². The van der Waals surface area contributed by atoms with E-state index in [0.29, 0.717) is 19.1 Å². The Kier molecular flexibility index (Phi) is 5.40. The van der Waals surface area contributed by atoms with E-state index in [-0.39, 0.29) is 5.91 Å². The van der Waals surface area contributed by atoms with E-state index in [0.717, 1.165) is 5.56 Å². The van der Waals surface area contributed by atoms with Gasteiger partial charge in [0.1, 0.15) is 0 Å². The van der Waals surface area contributed by atoms with Crippen LogP contribution in [0.3, 0.4) is 0 Å². The van der Waals surface area contributed by atoms with E-state index in [1.165, 1.54) is 37.7 Å². The van der Waals surface area contributed by atoms with Gasteiger partial charge in [0.15, 0.2) is 0 Å². The van der Waals surface area contributed by atoms with Gasteiger partial charge in [-0.15, -0.1) is 0 Å². The first-order valence-corrected chi connectivity index (χ1v) is 7.29. The lowest BCUT2D eigenvalue weighted by atomic mass is 9.95. The zero-order valence-corrected chi connectivity index (χ0v) is 11.7. The summed E-state index contributed by atoms with van der Waals surface area (Å²) in [6.45, 7) is 3.12. The summed E-state index contributed by atoms with van der Waals surface area (Å²) >= 11 is 0. The third kappa shape index (κ3) is 5.03. The topological polar surface area (TPSA) is 41.1 Å². The second kappa shape index (κ2) is 7.29. The van der Waals surface area contributed by atoms with Gasteiger partial charge in [-0.2, -0.15) is 0 Å². The minimum Gasteiger partial charge on any atom is -0.351 e. The Bertz CT molecular complexity index is 394. The molecule has 0 atom stereocenters. The lowest BCUT2D eigenvalue weighted by Gasteiger charge is -2.22. The van der Waals surface area contributed by atoms with E-state index in [2.05, 4.69) is 41.8 Å². The van der Waals surface area contributed by atoms with Crippen molar-refractivity contribution in [3.05, 3.63) is 35.4 Å². The monoisotopic (exact) mass is 260 g/mol. The molecule has 1 aliphatic carbocycles. The highest BCUT2D eigenvalue weighted by Crippen LogP contribution is 2.16. The Balaban J connectivity index is 1.65. The maximum atomic E-state index is 11.8. The minimum absolute atomic E-state index is 0.0890. The van der Waals surface area contributed by atoms with Crippen LogP contribution in [0.1, 0.15) is 43.2 Å². The molecule has 1 aromatic carbocycles. The van der Waals surface area contributed by atoms with Crippen LogP contribution in [-0.2, 0) is 11.3 Å². The molecule has 0 aliphatic heterocycles. The molecule has 0 radical (unpaired) electrons. The Labute approximate surface area is 115 Å². The first kappa shape index (κ1) is 14.1. The third-order valence-electron chi connectivity index (χ3n) is 3.77. The molecule has 0 spiro atoms. The number of carbonyl (C=O) groups excluding carboxylic acids is 1. The number of amides is 1. The normalized spacial score (nSPS) is 16.3. The van der Waals surface area contributed by atoms with E-state index in [9.17, 15) is 4.79 Å². The second-order valence-electron chi connectivity index (χ2n) is 5.48. The number of aryl methyl sites for hydroxylation is 1. The molecular weight excluding hydrogens is 236 g/mol. The second-order valence-corrected chi connectivity index (χ2v) is 5.48. The van der Waals surface area contributed by atoms with Crippen LogP contribution in [0.25, 0.3) is 0 Å². The fraction of sp³-hybridized carbons (Fsp3) is 0.562. The van der Waals surface area contributed by atoms with Crippen molar-refractivity contribution in [2.45, 2.75) is 51.6 Å². The molecule has 104 valence electrons. The summed E-state index contributed by atoms with van der Waals surface area (Å²) in [5.74, 6) is 0.0890. The number of benzene rings is 1. The van der Waals surface area contributed by atoms with Gasteiger partial charge in [-0.3, -0.25) is 4.79 Å². The summed E-state index contributed by atoms with van der Waals surface area (Å²) in [5.41, 5.74) is 2.39. The number of rotatable bonds is 5. The van der Waals surface area contributed by atoms with Crippen LogP contribution in [0.5, 0.6) is 0 Å². The van der Waals surface area contributed by atoms with Crippen molar-refractivity contribution >= 4 is 5.91 Å². The van der Waals surface area contributed by atoms with Gasteiger partial charge in [-0.25, -0.2) is 0 Å². The van der Waals surface area contributed by atoms with Crippen molar-refractivity contribution in [2.75, 3.05) is 6.54 Å². The number of hydrogen-bond donors (Lipinski definition) is 2. The summed E-state index contributed by atoms with van der Waals surface area (Å²) in [7, 11) is 0. The van der Waals surface area contributed by atoms with Crippen molar-refractivity contribution in [3.63, 3.8) is 0 Å². The predicted molar refractivity (Wildman–Crippen MR) is 77.9 cm³/mol. The summed E-state index contributed by atoms with van der Waals surface area (Å²) in [5, 5.41) is 6.31. The number of hydrogen-bond acceptors (Lipinski definition) is 2. The first-order valence-electron chi connectivity index (χ1n) is 7.29. The van der Waals surface area contributed by atoms with Crippen molar-refractivity contribution in [2.24, 2.45) is 0 Å². The molecule has 2 N–H and O–H groups in total. The highest BCUT2D eigenvalue weighted by atomic mass is 16.1. The standard InChI is InChI=1S/C16H24N2O/c1-13-7-9-14(10-8-13)11-18-16(19)12-17-15-5-3-2-4-6-15/h7-10,15,17H,2-6,11-12H2,1H3,(H,18,19). The molecule has 0 unspecified atom stereocenters. The maximum Gasteiger partial charge on any atom is 0.234 e. The molecule has 1 fully saturated rings. The average molecular weight is 260 g/mol. The van der Waals surface area contributed by atoms with Gasteiger partial charge in [-0.1, -0.05) is 49.1 Å². The molecule has 0 aromatic heterocycles. The molecule has 1 aromatic rings. The van der Waals surface area contributed by atoms with Crippen LogP contribution >= 0.6 is 0 Å². The molecule has 19 heavy (non-hydrogen) atoms. The SMILES string of the molecule is Cc1ccc(CNC(=O)CNC2CCCCC2)cc1. The van der Waals surface area contributed by atoms with Gasteiger partial charge in [0.2, 0.25) is 5.91 Å². The molecule has 0 heterocycles. The molecule has 1 aliphatic rings. The Hall–Kier alpha value is -1.35. The van der Waals surface area contributed by atoms with Crippen molar-refractivity contribution in [3.8, 4) is 0 Å². The molecule has 1 amide bonds. The zero-order chi connectivity index (χ0) is 13.5. The fourth-order valence-corrected chi connectivity index (χ4v) is 2.51. The van der Waals surface area contributed by atoms with Crippen molar-refractivity contribution in [1.29, 1.82) is 0 Å². The highest BCUT2D eigenvalue weighted by Gasteiger charge is 2.13. The lowest BCUT2D eigenvalue weighted by molar-refractivity contribution is -0.120. The molecule has 1 saturated carbocycles. The van der Waals surface area contributed by atoms with Gasteiger partial charge in [0.05, 0.1) is 6.54 Å². The summed E-state index contributed by atoms with van der Waals surface area (Å²) in [4.78, 5) is 11.8. The molecule has 0 bridgehead atoms. The van der Waals surface area contributed by atoms with Crippen LogP contribution in [0.15, 0.2) is 24.3 Å². The Morgan fingerprint density at radius 1 is 1.16 bits per heavy atom. The van der Waals surface area contributed by atoms with Gasteiger partial charge in [0.25, 0.3) is 0 Å². The first-order chi connectivity index (χ1) is 9.24. The average Bonchev–Trinajstić information content (AvgIpc) is 2.45. The molecular formula is C16H24N2O. The smallest absolute Gasteiger partial charge is 0.234 e. The largest absolute Gasteiger partial charge is 0.351 e. The van der Waals surface area contributed by atoms with Crippen LogP contribution in [-0.4, -0.2) is 18.5 Å². The van der Waals surface area contributed by atoms with Crippen molar-refractivity contribution < 1.29 is 4.79 Å². The number of carbonyl (C=O) groups is 1. The summed E-state index contributed by atoms with van der Waals surface area (Å²) in [6, 6.07) is 8.80. The fourth-order valence-electron chi connectivity index (χ4n) is 2.51.